The van der Waals surface area contributed by atoms with E-state index in [1.165, 1.54) is 19.1 Å². The van der Waals surface area contributed by atoms with Crippen molar-refractivity contribution in [3.63, 3.8) is 0 Å². The molecule has 30 heavy (non-hydrogen) atoms. The maximum atomic E-state index is 13.3. The third kappa shape index (κ3) is 3.91. The lowest BCUT2D eigenvalue weighted by Gasteiger charge is -2.36. The first-order chi connectivity index (χ1) is 14.3. The van der Waals surface area contributed by atoms with Crippen LogP contribution in [0.4, 0.5) is 0 Å². The van der Waals surface area contributed by atoms with Crippen molar-refractivity contribution in [2.24, 2.45) is 0 Å². The molecule has 2 heterocycles. The Kier molecular flexibility index (Phi) is 6.43. The highest BCUT2D eigenvalue weighted by Gasteiger charge is 2.53. The molecule has 162 valence electrons. The Bertz CT molecular complexity index is 837. The molecule has 0 bridgehead atoms. The predicted molar refractivity (Wildman–Crippen MR) is 108 cm³/mol. The van der Waals surface area contributed by atoms with Crippen molar-refractivity contribution in [2.75, 3.05) is 27.3 Å². The monoisotopic (exact) mass is 416 g/mol. The summed E-state index contributed by atoms with van der Waals surface area (Å²) in [5.41, 5.74) is -0.699. The average Bonchev–Trinajstić information content (AvgIpc) is 2.98. The third-order valence-corrected chi connectivity index (χ3v) is 6.02. The van der Waals surface area contributed by atoms with Crippen LogP contribution >= 0.6 is 0 Å². The lowest BCUT2D eigenvalue weighted by Crippen LogP contribution is -2.51. The molecule has 2 saturated heterocycles. The highest BCUT2D eigenvalue weighted by atomic mass is 16.5. The van der Waals surface area contributed by atoms with Crippen LogP contribution in [0.5, 0.6) is 5.75 Å². The number of likely N-dealkylation sites (tertiary alicyclic amines) is 2. The molecule has 3 amide bonds. The van der Waals surface area contributed by atoms with Crippen molar-refractivity contribution >= 4 is 23.7 Å². The molecule has 2 aliphatic rings. The van der Waals surface area contributed by atoms with Crippen LogP contribution in [-0.4, -0.2) is 66.8 Å². The van der Waals surface area contributed by atoms with Gasteiger partial charge in [-0.2, -0.15) is 0 Å². The summed E-state index contributed by atoms with van der Waals surface area (Å²) < 4.78 is 10.3. The second kappa shape index (κ2) is 8.85. The van der Waals surface area contributed by atoms with Gasteiger partial charge in [0.2, 0.25) is 17.7 Å². The van der Waals surface area contributed by atoms with Gasteiger partial charge in [0.15, 0.2) is 0 Å². The topological polar surface area (TPSA) is 93.2 Å². The Morgan fingerprint density at radius 3 is 2.43 bits per heavy atom. The lowest BCUT2D eigenvalue weighted by atomic mass is 9.75. The smallest absolute Gasteiger partial charge is 0.328 e. The standard InChI is InChI=1S/C22H28N2O6/c1-4-30-20(27)17-7-5-6-12-24(17)19(26)14-22(13-18(25)23(2)21(22)28)15-8-10-16(29-3)11-9-15/h8-11,17H,4-7,12-14H2,1-3H3. The van der Waals surface area contributed by atoms with Gasteiger partial charge in [-0.25, -0.2) is 4.79 Å². The Balaban J connectivity index is 1.93. The molecule has 0 aliphatic carbocycles. The van der Waals surface area contributed by atoms with E-state index in [0.717, 1.165) is 17.7 Å². The second-order valence-corrected chi connectivity index (χ2v) is 7.77. The first kappa shape index (κ1) is 21.8. The van der Waals surface area contributed by atoms with Crippen LogP contribution in [0.1, 0.15) is 44.6 Å². The second-order valence-electron chi connectivity index (χ2n) is 7.77. The van der Waals surface area contributed by atoms with E-state index in [2.05, 4.69) is 0 Å². The normalized spacial score (nSPS) is 24.2. The maximum absolute atomic E-state index is 13.3. The van der Waals surface area contributed by atoms with E-state index in [1.54, 1.807) is 31.2 Å². The number of carbonyl (C=O) groups is 4. The van der Waals surface area contributed by atoms with Crippen LogP contribution < -0.4 is 4.74 Å². The van der Waals surface area contributed by atoms with E-state index in [9.17, 15) is 19.2 Å². The zero-order valence-electron chi connectivity index (χ0n) is 17.7. The molecule has 0 spiro atoms. The highest BCUT2D eigenvalue weighted by Crippen LogP contribution is 2.40. The molecule has 8 heteroatoms. The molecule has 1 aromatic carbocycles. The number of carbonyl (C=O) groups excluding carboxylic acids is 4. The van der Waals surface area contributed by atoms with Gasteiger partial charge in [0, 0.05) is 26.4 Å². The summed E-state index contributed by atoms with van der Waals surface area (Å²) in [6.45, 7) is 2.40. The molecule has 3 rings (SSSR count). The molecule has 8 nitrogen and oxygen atoms in total. The number of rotatable bonds is 6. The van der Waals surface area contributed by atoms with Crippen LogP contribution in [0.25, 0.3) is 0 Å². The zero-order chi connectivity index (χ0) is 21.9. The molecule has 0 radical (unpaired) electrons. The van der Waals surface area contributed by atoms with Crippen molar-refractivity contribution in [3.05, 3.63) is 29.8 Å². The molecule has 0 saturated carbocycles. The fourth-order valence-corrected chi connectivity index (χ4v) is 4.34. The quantitative estimate of drug-likeness (QED) is 0.517. The Morgan fingerprint density at radius 2 is 1.87 bits per heavy atom. The minimum atomic E-state index is -1.29. The Morgan fingerprint density at radius 1 is 1.17 bits per heavy atom. The molecular formula is C22H28N2O6. The average molecular weight is 416 g/mol. The van der Waals surface area contributed by atoms with E-state index >= 15 is 0 Å². The summed E-state index contributed by atoms with van der Waals surface area (Å²) in [5, 5.41) is 0. The van der Waals surface area contributed by atoms with Gasteiger partial charge in [0.1, 0.15) is 11.8 Å². The van der Waals surface area contributed by atoms with Crippen molar-refractivity contribution in [1.82, 2.24) is 9.80 Å². The van der Waals surface area contributed by atoms with E-state index in [-0.39, 0.29) is 31.3 Å². The van der Waals surface area contributed by atoms with Gasteiger partial charge in [-0.05, 0) is 43.9 Å². The van der Waals surface area contributed by atoms with Gasteiger partial charge < -0.3 is 14.4 Å². The minimum Gasteiger partial charge on any atom is -0.497 e. The van der Waals surface area contributed by atoms with Crippen LogP contribution in [-0.2, 0) is 29.3 Å². The fourth-order valence-electron chi connectivity index (χ4n) is 4.34. The van der Waals surface area contributed by atoms with Gasteiger partial charge >= 0.3 is 5.97 Å². The van der Waals surface area contributed by atoms with Gasteiger partial charge in [-0.1, -0.05) is 12.1 Å². The van der Waals surface area contributed by atoms with Gasteiger partial charge in [-0.15, -0.1) is 0 Å². The van der Waals surface area contributed by atoms with E-state index < -0.39 is 23.3 Å². The van der Waals surface area contributed by atoms with Crippen LogP contribution in [0.3, 0.4) is 0 Å². The number of amides is 3. The molecule has 2 fully saturated rings. The summed E-state index contributed by atoms with van der Waals surface area (Å²) in [4.78, 5) is 53.9. The fraction of sp³-hybridized carbons (Fsp3) is 0.545. The first-order valence-electron chi connectivity index (χ1n) is 10.3. The number of likely N-dealkylation sites (N-methyl/N-ethyl adjacent to an activating group) is 1. The van der Waals surface area contributed by atoms with Crippen molar-refractivity contribution < 1.29 is 28.7 Å². The maximum Gasteiger partial charge on any atom is 0.328 e. The molecular weight excluding hydrogens is 388 g/mol. The van der Waals surface area contributed by atoms with Gasteiger partial charge in [0.25, 0.3) is 0 Å². The number of benzene rings is 1. The summed E-state index contributed by atoms with van der Waals surface area (Å²) in [5.74, 6) is -0.862. The largest absolute Gasteiger partial charge is 0.497 e. The number of piperidine rings is 1. The lowest BCUT2D eigenvalue weighted by molar-refractivity contribution is -0.157. The number of hydrogen-bond acceptors (Lipinski definition) is 6. The minimum absolute atomic E-state index is 0.0850. The first-order valence-corrected chi connectivity index (χ1v) is 10.3. The highest BCUT2D eigenvalue weighted by molar-refractivity contribution is 6.10. The molecule has 0 N–H and O–H groups in total. The number of nitrogens with zero attached hydrogens (tertiary/aromatic N) is 2. The molecule has 2 aliphatic heterocycles. The van der Waals surface area contributed by atoms with Gasteiger partial charge in [0.05, 0.1) is 19.1 Å². The Hall–Kier alpha value is -2.90. The van der Waals surface area contributed by atoms with E-state index in [0.29, 0.717) is 24.3 Å². The SMILES string of the molecule is CCOC(=O)C1CCCCN1C(=O)CC1(c2ccc(OC)cc2)CC(=O)N(C)C1=O. The number of imide groups is 1. The zero-order valence-corrected chi connectivity index (χ0v) is 17.7. The van der Waals surface area contributed by atoms with Crippen molar-refractivity contribution in [2.45, 2.75) is 50.5 Å². The summed E-state index contributed by atoms with van der Waals surface area (Å²) in [7, 11) is 2.97. The van der Waals surface area contributed by atoms with Crippen molar-refractivity contribution in [3.8, 4) is 5.75 Å². The Labute approximate surface area is 176 Å². The van der Waals surface area contributed by atoms with E-state index in [1.807, 2.05) is 0 Å². The summed E-state index contributed by atoms with van der Waals surface area (Å²) in [6, 6.07) is 6.20. The van der Waals surface area contributed by atoms with Crippen molar-refractivity contribution in [1.29, 1.82) is 0 Å². The predicted octanol–water partition coefficient (Wildman–Crippen LogP) is 1.66. The van der Waals surface area contributed by atoms with E-state index in [4.69, 9.17) is 9.47 Å². The molecule has 0 aromatic heterocycles. The van der Waals surface area contributed by atoms with Crippen LogP contribution in [0.2, 0.25) is 0 Å². The third-order valence-electron chi connectivity index (χ3n) is 6.02. The summed E-state index contributed by atoms with van der Waals surface area (Å²) in [6.07, 6.45) is 1.89. The van der Waals surface area contributed by atoms with Crippen LogP contribution in [0.15, 0.2) is 24.3 Å². The molecule has 2 unspecified atom stereocenters. The molecule has 2 atom stereocenters. The number of hydrogen-bond donors (Lipinski definition) is 0. The molecule has 1 aromatic rings. The number of ether oxygens (including phenoxy) is 2. The van der Waals surface area contributed by atoms with Crippen LogP contribution in [0, 0.1) is 0 Å². The summed E-state index contributed by atoms with van der Waals surface area (Å²) >= 11 is 0. The van der Waals surface area contributed by atoms with Gasteiger partial charge in [-0.3, -0.25) is 19.3 Å². The number of esters is 1. The number of methoxy groups -OCH3 is 1.